The van der Waals surface area contributed by atoms with Gasteiger partial charge in [-0.2, -0.15) is 9.40 Å². The van der Waals surface area contributed by atoms with E-state index in [1.165, 1.54) is 4.31 Å². The molecule has 3 aromatic rings. The summed E-state index contributed by atoms with van der Waals surface area (Å²) in [5.41, 5.74) is 3.46. The summed E-state index contributed by atoms with van der Waals surface area (Å²) in [6, 6.07) is 16.4. The molecule has 0 bridgehead atoms. The fourth-order valence-electron chi connectivity index (χ4n) is 3.53. The van der Waals surface area contributed by atoms with Crippen LogP contribution in [0.4, 0.5) is 5.82 Å². The SMILES string of the molecule is CCCN(CC(=O)Nc1cc(C(C)(C)C)nn1-c1cccc(C)c1)S(=O)(=O)c1ccc(C)cc1. The summed E-state index contributed by atoms with van der Waals surface area (Å²) in [5.74, 6) is 0.0862. The zero-order valence-corrected chi connectivity index (χ0v) is 21.6. The monoisotopic (exact) mass is 482 g/mol. The van der Waals surface area contributed by atoms with Gasteiger partial charge in [0.1, 0.15) is 5.82 Å². The van der Waals surface area contributed by atoms with Crippen molar-refractivity contribution in [3.63, 3.8) is 0 Å². The lowest BCUT2D eigenvalue weighted by Gasteiger charge is -2.21. The van der Waals surface area contributed by atoms with Crippen LogP contribution in [0.25, 0.3) is 5.69 Å². The Morgan fingerprint density at radius 1 is 1.03 bits per heavy atom. The van der Waals surface area contributed by atoms with Crippen LogP contribution >= 0.6 is 0 Å². The number of rotatable bonds is 8. The minimum Gasteiger partial charge on any atom is -0.309 e. The predicted molar refractivity (Wildman–Crippen MR) is 136 cm³/mol. The van der Waals surface area contributed by atoms with Crippen molar-refractivity contribution in [2.75, 3.05) is 18.4 Å². The van der Waals surface area contributed by atoms with E-state index in [2.05, 4.69) is 26.1 Å². The van der Waals surface area contributed by atoms with E-state index in [1.807, 2.05) is 51.1 Å². The zero-order chi connectivity index (χ0) is 25.1. The Morgan fingerprint density at radius 2 is 1.71 bits per heavy atom. The summed E-state index contributed by atoms with van der Waals surface area (Å²) in [7, 11) is -3.80. The Kier molecular flexibility index (Phi) is 7.63. The Bertz CT molecular complexity index is 1260. The number of sulfonamides is 1. The second-order valence-corrected chi connectivity index (χ2v) is 11.6. The molecule has 0 saturated heterocycles. The van der Waals surface area contributed by atoms with E-state index in [4.69, 9.17) is 5.10 Å². The van der Waals surface area contributed by atoms with Crippen LogP contribution in [0.1, 0.15) is 50.9 Å². The van der Waals surface area contributed by atoms with Gasteiger partial charge < -0.3 is 5.32 Å². The van der Waals surface area contributed by atoms with Crippen molar-refractivity contribution in [1.82, 2.24) is 14.1 Å². The molecule has 2 aromatic carbocycles. The number of aryl methyl sites for hydroxylation is 2. The van der Waals surface area contributed by atoms with Gasteiger partial charge in [-0.05, 0) is 50.1 Å². The van der Waals surface area contributed by atoms with Crippen LogP contribution in [0.3, 0.4) is 0 Å². The average Bonchev–Trinajstić information content (AvgIpc) is 3.18. The molecule has 8 heteroatoms. The second-order valence-electron chi connectivity index (χ2n) is 9.62. The van der Waals surface area contributed by atoms with Crippen molar-refractivity contribution in [3.8, 4) is 5.69 Å². The number of carbonyl (C=O) groups is 1. The third-order valence-electron chi connectivity index (χ3n) is 5.44. The Balaban J connectivity index is 1.90. The van der Waals surface area contributed by atoms with Crippen molar-refractivity contribution in [3.05, 3.63) is 71.4 Å². The van der Waals surface area contributed by atoms with Gasteiger partial charge >= 0.3 is 0 Å². The van der Waals surface area contributed by atoms with Crippen molar-refractivity contribution in [1.29, 1.82) is 0 Å². The number of hydrogen-bond donors (Lipinski definition) is 1. The van der Waals surface area contributed by atoms with E-state index in [0.29, 0.717) is 12.2 Å². The van der Waals surface area contributed by atoms with Crippen molar-refractivity contribution in [2.45, 2.75) is 58.3 Å². The highest BCUT2D eigenvalue weighted by Crippen LogP contribution is 2.27. The van der Waals surface area contributed by atoms with Gasteiger partial charge in [0.15, 0.2) is 0 Å². The third-order valence-corrected chi connectivity index (χ3v) is 7.30. The molecule has 0 unspecified atom stereocenters. The molecular formula is C26H34N4O3S. The lowest BCUT2D eigenvalue weighted by atomic mass is 9.92. The number of benzene rings is 2. The fourth-order valence-corrected chi connectivity index (χ4v) is 5.02. The molecule has 0 radical (unpaired) electrons. The maximum Gasteiger partial charge on any atom is 0.243 e. The standard InChI is InChI=1S/C26H34N4O3S/c1-7-15-29(34(32,33)22-13-11-19(2)12-14-22)18-25(31)27-24-17-23(26(4,5)6)28-30(24)21-10-8-9-20(3)16-21/h8-14,16-17H,7,15,18H2,1-6H3,(H,27,31). The maximum atomic E-state index is 13.2. The van der Waals surface area contributed by atoms with Crippen LogP contribution in [0.15, 0.2) is 59.5 Å². The smallest absolute Gasteiger partial charge is 0.243 e. The zero-order valence-electron chi connectivity index (χ0n) is 20.8. The van der Waals surface area contributed by atoms with E-state index in [0.717, 1.165) is 22.5 Å². The Labute approximate surface area is 202 Å². The highest BCUT2D eigenvalue weighted by Gasteiger charge is 2.27. The van der Waals surface area contributed by atoms with Gasteiger partial charge in [-0.25, -0.2) is 13.1 Å². The number of aromatic nitrogens is 2. The first kappa shape index (κ1) is 25.6. The van der Waals surface area contributed by atoms with Crippen LogP contribution in [-0.4, -0.2) is 41.5 Å². The molecule has 182 valence electrons. The van der Waals surface area contributed by atoms with Gasteiger partial charge in [0.2, 0.25) is 15.9 Å². The maximum absolute atomic E-state index is 13.2. The van der Waals surface area contributed by atoms with Crippen molar-refractivity contribution < 1.29 is 13.2 Å². The van der Waals surface area contributed by atoms with Gasteiger partial charge in [0, 0.05) is 18.0 Å². The summed E-state index contributed by atoms with van der Waals surface area (Å²) in [6.45, 7) is 11.9. The molecule has 34 heavy (non-hydrogen) atoms. The first-order valence-corrected chi connectivity index (χ1v) is 12.9. The molecule has 0 aliphatic rings. The van der Waals surface area contributed by atoms with Gasteiger partial charge in [0.05, 0.1) is 22.8 Å². The predicted octanol–water partition coefficient (Wildman–Crippen LogP) is 4.83. The third kappa shape index (κ3) is 5.93. The van der Waals surface area contributed by atoms with Crippen LogP contribution in [0, 0.1) is 13.8 Å². The first-order valence-electron chi connectivity index (χ1n) is 11.5. The number of nitrogens with one attached hydrogen (secondary N) is 1. The molecule has 0 saturated carbocycles. The van der Waals surface area contributed by atoms with Crippen LogP contribution in [-0.2, 0) is 20.2 Å². The number of carbonyl (C=O) groups excluding carboxylic acids is 1. The van der Waals surface area contributed by atoms with Crippen LogP contribution in [0.2, 0.25) is 0 Å². The lowest BCUT2D eigenvalue weighted by Crippen LogP contribution is -2.38. The second kappa shape index (κ2) is 10.1. The van der Waals surface area contributed by atoms with Crippen LogP contribution in [0.5, 0.6) is 0 Å². The van der Waals surface area contributed by atoms with E-state index in [-0.39, 0.29) is 23.4 Å². The molecule has 1 N–H and O–H groups in total. The van der Waals surface area contributed by atoms with Crippen LogP contribution < -0.4 is 5.32 Å². The molecule has 0 aliphatic heterocycles. The number of hydrogen-bond acceptors (Lipinski definition) is 4. The number of nitrogens with zero attached hydrogens (tertiary/aromatic N) is 3. The quantitative estimate of drug-likeness (QED) is 0.499. The highest BCUT2D eigenvalue weighted by atomic mass is 32.2. The minimum absolute atomic E-state index is 0.180. The largest absolute Gasteiger partial charge is 0.309 e. The molecule has 0 spiro atoms. The van der Waals surface area contributed by atoms with Gasteiger partial charge in [-0.3, -0.25) is 4.79 Å². The normalized spacial score (nSPS) is 12.2. The molecule has 0 fully saturated rings. The van der Waals surface area contributed by atoms with E-state index < -0.39 is 15.9 Å². The van der Waals surface area contributed by atoms with E-state index in [1.54, 1.807) is 28.9 Å². The van der Waals surface area contributed by atoms with E-state index >= 15 is 0 Å². The molecule has 1 amide bonds. The first-order chi connectivity index (χ1) is 15.9. The molecule has 0 aliphatic carbocycles. The molecule has 1 aromatic heterocycles. The fraction of sp³-hybridized carbons (Fsp3) is 0.385. The summed E-state index contributed by atoms with van der Waals surface area (Å²) in [6.07, 6.45) is 0.591. The molecule has 3 rings (SSSR count). The molecule has 7 nitrogen and oxygen atoms in total. The Hall–Kier alpha value is -2.97. The number of anilines is 1. The minimum atomic E-state index is -3.80. The molecule has 0 atom stereocenters. The lowest BCUT2D eigenvalue weighted by molar-refractivity contribution is -0.116. The van der Waals surface area contributed by atoms with Gasteiger partial charge in [-0.1, -0.05) is 57.5 Å². The molecule has 1 heterocycles. The van der Waals surface area contributed by atoms with Crippen molar-refractivity contribution >= 4 is 21.7 Å². The van der Waals surface area contributed by atoms with Gasteiger partial charge in [0.25, 0.3) is 0 Å². The average molecular weight is 483 g/mol. The molecular weight excluding hydrogens is 448 g/mol. The summed E-state index contributed by atoms with van der Waals surface area (Å²) in [4.78, 5) is 13.3. The van der Waals surface area contributed by atoms with Crippen molar-refractivity contribution in [2.24, 2.45) is 0 Å². The number of amides is 1. The summed E-state index contributed by atoms with van der Waals surface area (Å²) < 4.78 is 29.3. The highest BCUT2D eigenvalue weighted by molar-refractivity contribution is 7.89. The topological polar surface area (TPSA) is 84.3 Å². The summed E-state index contributed by atoms with van der Waals surface area (Å²) in [5, 5.41) is 7.63. The van der Waals surface area contributed by atoms with Gasteiger partial charge in [-0.15, -0.1) is 0 Å². The van der Waals surface area contributed by atoms with E-state index in [9.17, 15) is 13.2 Å². The Morgan fingerprint density at radius 3 is 2.29 bits per heavy atom. The summed E-state index contributed by atoms with van der Waals surface area (Å²) >= 11 is 0.